The number of alkyl halides is 3. The van der Waals surface area contributed by atoms with Crippen LogP contribution >= 0.6 is 0 Å². The third kappa shape index (κ3) is 3.56. The molecule has 2 atom stereocenters. The molecule has 0 aromatic heterocycles. The number of carbonyl (C=O) groups excluding carboxylic acids is 1. The zero-order valence-corrected chi connectivity index (χ0v) is 12.0. The summed E-state index contributed by atoms with van der Waals surface area (Å²) in [7, 11) is 1.35. The minimum atomic E-state index is -4.34. The molecule has 1 aliphatic heterocycles. The summed E-state index contributed by atoms with van der Waals surface area (Å²) in [4.78, 5) is 11.6. The van der Waals surface area contributed by atoms with Crippen LogP contribution in [0.3, 0.4) is 0 Å². The number of hydrogen-bond acceptors (Lipinski definition) is 3. The van der Waals surface area contributed by atoms with E-state index in [9.17, 15) is 18.0 Å². The van der Waals surface area contributed by atoms with Crippen molar-refractivity contribution in [3.63, 3.8) is 0 Å². The van der Waals surface area contributed by atoms with Gasteiger partial charge in [0.2, 0.25) is 0 Å². The Labute approximate surface area is 121 Å². The molecule has 116 valence electrons. The molecule has 1 aromatic rings. The van der Waals surface area contributed by atoms with Gasteiger partial charge in [0.1, 0.15) is 0 Å². The molecule has 1 saturated heterocycles. The summed E-state index contributed by atoms with van der Waals surface area (Å²) in [6.45, 7) is 2.09. The van der Waals surface area contributed by atoms with Crippen LogP contribution in [0.15, 0.2) is 18.2 Å². The lowest BCUT2D eigenvalue weighted by atomic mass is 9.88. The van der Waals surface area contributed by atoms with Crippen LogP contribution in [0.25, 0.3) is 0 Å². The Bertz CT molecular complexity index is 528. The van der Waals surface area contributed by atoms with Crippen LogP contribution in [-0.2, 0) is 15.7 Å². The summed E-state index contributed by atoms with van der Waals surface area (Å²) in [5.41, 5.74) is 0.350. The first-order valence-electron chi connectivity index (χ1n) is 6.82. The summed E-state index contributed by atoms with van der Waals surface area (Å²) in [5.74, 6) is -0.464. The van der Waals surface area contributed by atoms with Crippen molar-refractivity contribution in [2.24, 2.45) is 5.92 Å². The molecule has 21 heavy (non-hydrogen) atoms. The average molecular weight is 301 g/mol. The molecule has 0 saturated carbocycles. The molecule has 1 N–H and O–H groups in total. The van der Waals surface area contributed by atoms with Crippen molar-refractivity contribution in [2.45, 2.75) is 32.0 Å². The third-order valence-electron chi connectivity index (χ3n) is 3.90. The Hall–Kier alpha value is -1.56. The zero-order chi connectivity index (χ0) is 15.6. The van der Waals surface area contributed by atoms with Gasteiger partial charge in [0.15, 0.2) is 0 Å². The van der Waals surface area contributed by atoms with Gasteiger partial charge >= 0.3 is 12.1 Å². The fourth-order valence-electron chi connectivity index (χ4n) is 2.77. The monoisotopic (exact) mass is 301 g/mol. The molecule has 0 spiro atoms. The largest absolute Gasteiger partial charge is 0.469 e. The van der Waals surface area contributed by atoms with E-state index in [2.05, 4.69) is 5.32 Å². The fourth-order valence-corrected chi connectivity index (χ4v) is 2.77. The number of hydrogen-bond donors (Lipinski definition) is 1. The van der Waals surface area contributed by atoms with Crippen molar-refractivity contribution < 1.29 is 22.7 Å². The van der Waals surface area contributed by atoms with Gasteiger partial charge in [-0.05, 0) is 43.5 Å². The molecule has 1 fully saturated rings. The molecule has 6 heteroatoms. The smallest absolute Gasteiger partial charge is 0.416 e. The first kappa shape index (κ1) is 15.8. The quantitative estimate of drug-likeness (QED) is 0.852. The van der Waals surface area contributed by atoms with Gasteiger partial charge in [0, 0.05) is 6.04 Å². The summed E-state index contributed by atoms with van der Waals surface area (Å²) in [6, 6.07) is 4.00. The van der Waals surface area contributed by atoms with Crippen LogP contribution in [0.2, 0.25) is 0 Å². The lowest BCUT2D eigenvalue weighted by Gasteiger charge is -2.29. The number of halogens is 3. The second kappa shape index (κ2) is 6.05. The number of piperidine rings is 1. The highest BCUT2D eigenvalue weighted by molar-refractivity contribution is 5.72. The number of methoxy groups -OCH3 is 1. The number of carbonyl (C=O) groups is 1. The predicted molar refractivity (Wildman–Crippen MR) is 71.7 cm³/mol. The van der Waals surface area contributed by atoms with E-state index in [4.69, 9.17) is 4.74 Å². The topological polar surface area (TPSA) is 38.3 Å². The molecule has 1 heterocycles. The van der Waals surface area contributed by atoms with Gasteiger partial charge in [-0.2, -0.15) is 13.2 Å². The molecule has 3 nitrogen and oxygen atoms in total. The van der Waals surface area contributed by atoms with E-state index >= 15 is 0 Å². The molecular weight excluding hydrogens is 283 g/mol. The Morgan fingerprint density at radius 1 is 1.38 bits per heavy atom. The highest BCUT2D eigenvalue weighted by Gasteiger charge is 2.33. The van der Waals surface area contributed by atoms with Crippen molar-refractivity contribution >= 4 is 5.97 Å². The van der Waals surface area contributed by atoms with Gasteiger partial charge in [0.05, 0.1) is 18.6 Å². The van der Waals surface area contributed by atoms with Crippen molar-refractivity contribution in [2.75, 3.05) is 13.7 Å². The van der Waals surface area contributed by atoms with E-state index in [1.54, 1.807) is 6.07 Å². The van der Waals surface area contributed by atoms with Crippen LogP contribution in [-0.4, -0.2) is 19.6 Å². The van der Waals surface area contributed by atoms with E-state index in [1.807, 2.05) is 0 Å². The number of rotatable bonds is 2. The van der Waals surface area contributed by atoms with Crippen LogP contribution in [0, 0.1) is 12.8 Å². The lowest BCUT2D eigenvalue weighted by Crippen LogP contribution is -2.35. The van der Waals surface area contributed by atoms with Gasteiger partial charge in [0.25, 0.3) is 0 Å². The summed E-state index contributed by atoms with van der Waals surface area (Å²) < 4.78 is 43.0. The predicted octanol–water partition coefficient (Wildman–Crippen LogP) is 3.23. The standard InChI is InChI=1S/C15H18F3NO2/c1-9-7-10(3-4-12(9)15(16,17)18)13-8-11(5-6-19-13)14(20)21-2/h3-4,7,11,13,19H,5-6,8H2,1-2H3. The van der Waals surface area contributed by atoms with Crippen LogP contribution < -0.4 is 5.32 Å². The van der Waals surface area contributed by atoms with Crippen LogP contribution in [0.1, 0.15) is 35.6 Å². The fraction of sp³-hybridized carbons (Fsp3) is 0.533. The van der Waals surface area contributed by atoms with Crippen LogP contribution in [0.4, 0.5) is 13.2 Å². The number of esters is 1. The van der Waals surface area contributed by atoms with Gasteiger partial charge in [-0.3, -0.25) is 4.79 Å². The van der Waals surface area contributed by atoms with Gasteiger partial charge < -0.3 is 10.1 Å². The number of ether oxygens (including phenoxy) is 1. The van der Waals surface area contributed by atoms with Crippen molar-refractivity contribution in [3.8, 4) is 0 Å². The molecule has 2 unspecified atom stereocenters. The SMILES string of the molecule is COC(=O)C1CCNC(c2ccc(C(F)(F)F)c(C)c2)C1. The first-order valence-corrected chi connectivity index (χ1v) is 6.82. The van der Waals surface area contributed by atoms with E-state index in [-0.39, 0.29) is 23.5 Å². The Morgan fingerprint density at radius 2 is 2.10 bits per heavy atom. The normalized spacial score (nSPS) is 22.9. The minimum absolute atomic E-state index is 0.121. The summed E-state index contributed by atoms with van der Waals surface area (Å²) in [5, 5.41) is 3.24. The zero-order valence-electron chi connectivity index (χ0n) is 12.0. The maximum Gasteiger partial charge on any atom is 0.416 e. The van der Waals surface area contributed by atoms with E-state index in [0.717, 1.165) is 11.6 Å². The molecule has 0 aliphatic carbocycles. The van der Waals surface area contributed by atoms with Gasteiger partial charge in [-0.15, -0.1) is 0 Å². The van der Waals surface area contributed by atoms with Crippen molar-refractivity contribution in [1.82, 2.24) is 5.32 Å². The Kier molecular flexibility index (Phi) is 4.56. The highest BCUT2D eigenvalue weighted by atomic mass is 19.4. The van der Waals surface area contributed by atoms with Gasteiger partial charge in [-0.25, -0.2) is 0 Å². The molecular formula is C15H18F3NO2. The van der Waals surface area contributed by atoms with Crippen molar-refractivity contribution in [3.05, 3.63) is 34.9 Å². The third-order valence-corrected chi connectivity index (χ3v) is 3.90. The second-order valence-corrected chi connectivity index (χ2v) is 5.32. The summed E-state index contributed by atoms with van der Waals surface area (Å²) >= 11 is 0. The highest BCUT2D eigenvalue weighted by Crippen LogP contribution is 2.34. The van der Waals surface area contributed by atoms with Crippen LogP contribution in [0.5, 0.6) is 0 Å². The molecule has 1 aliphatic rings. The molecule has 1 aromatic carbocycles. The summed E-state index contributed by atoms with van der Waals surface area (Å²) in [6.07, 6.45) is -3.11. The minimum Gasteiger partial charge on any atom is -0.469 e. The number of benzene rings is 1. The van der Waals surface area contributed by atoms with Crippen molar-refractivity contribution in [1.29, 1.82) is 0 Å². The van der Waals surface area contributed by atoms with E-state index in [0.29, 0.717) is 19.4 Å². The molecule has 2 rings (SSSR count). The molecule has 0 radical (unpaired) electrons. The van der Waals surface area contributed by atoms with Gasteiger partial charge in [-0.1, -0.05) is 12.1 Å². The number of aryl methyl sites for hydroxylation is 1. The second-order valence-electron chi connectivity index (χ2n) is 5.32. The van der Waals surface area contributed by atoms with E-state index < -0.39 is 11.7 Å². The number of nitrogens with one attached hydrogen (secondary N) is 1. The van der Waals surface area contributed by atoms with E-state index in [1.165, 1.54) is 20.1 Å². The Balaban J connectivity index is 2.19. The lowest BCUT2D eigenvalue weighted by molar-refractivity contribution is -0.146. The molecule has 0 bridgehead atoms. The maximum atomic E-state index is 12.8. The average Bonchev–Trinajstić information content (AvgIpc) is 2.45. The Morgan fingerprint density at radius 3 is 2.67 bits per heavy atom. The molecule has 0 amide bonds. The first-order chi connectivity index (χ1) is 9.82. The maximum absolute atomic E-state index is 12.8.